The van der Waals surface area contributed by atoms with E-state index in [0.29, 0.717) is 17.8 Å². The molecule has 0 saturated heterocycles. The van der Waals surface area contributed by atoms with Gasteiger partial charge in [-0.15, -0.1) is 0 Å². The number of nitrogens with zero attached hydrogens (tertiary/aromatic N) is 2. The number of carbonyl (C=O) groups excluding carboxylic acids is 1. The van der Waals surface area contributed by atoms with Crippen LogP contribution >= 0.6 is 0 Å². The average Bonchev–Trinajstić information content (AvgIpc) is 3.21. The number of anilines is 1. The van der Waals surface area contributed by atoms with Crippen molar-refractivity contribution in [3.05, 3.63) is 90.3 Å². The average molecular weight is 449 g/mol. The molecule has 7 nitrogen and oxygen atoms in total. The van der Waals surface area contributed by atoms with Gasteiger partial charge in [-0.25, -0.2) is 13.4 Å². The van der Waals surface area contributed by atoms with Crippen molar-refractivity contribution in [1.82, 2.24) is 14.9 Å². The number of para-hydroxylation sites is 3. The van der Waals surface area contributed by atoms with Crippen LogP contribution in [0.2, 0.25) is 0 Å². The first-order valence-corrected chi connectivity index (χ1v) is 11.8. The molecule has 164 valence electrons. The van der Waals surface area contributed by atoms with E-state index in [1.165, 1.54) is 24.3 Å². The van der Waals surface area contributed by atoms with E-state index >= 15 is 0 Å². The number of hydrogen-bond donors (Lipinski definition) is 2. The highest BCUT2D eigenvalue weighted by Crippen LogP contribution is 2.19. The van der Waals surface area contributed by atoms with Crippen molar-refractivity contribution in [2.75, 3.05) is 11.3 Å². The fourth-order valence-electron chi connectivity index (χ4n) is 3.42. The predicted molar refractivity (Wildman–Crippen MR) is 125 cm³/mol. The highest BCUT2D eigenvalue weighted by Gasteiger charge is 2.16. The number of imidazole rings is 1. The van der Waals surface area contributed by atoms with Gasteiger partial charge in [0, 0.05) is 18.7 Å². The van der Waals surface area contributed by atoms with Gasteiger partial charge in [0.15, 0.2) is 0 Å². The standard InChI is InChI=1S/C24H24N4O3S/c1-18-7-2-3-8-21(18)27-32(30,31)20-13-11-19(12-14-20)24(29)25-15-6-16-28-17-26-22-9-4-5-10-23(22)28/h2-5,7-14,17,27H,6,15-16H2,1H3,(H,25,29). The largest absolute Gasteiger partial charge is 0.352 e. The Balaban J connectivity index is 1.32. The molecule has 1 heterocycles. The molecule has 32 heavy (non-hydrogen) atoms. The summed E-state index contributed by atoms with van der Waals surface area (Å²) in [6.45, 7) is 3.07. The summed E-state index contributed by atoms with van der Waals surface area (Å²) >= 11 is 0. The molecule has 0 bridgehead atoms. The second-order valence-electron chi connectivity index (χ2n) is 7.48. The fourth-order valence-corrected chi connectivity index (χ4v) is 4.55. The molecular formula is C24H24N4O3S. The molecule has 0 radical (unpaired) electrons. The van der Waals surface area contributed by atoms with Crippen molar-refractivity contribution in [3.63, 3.8) is 0 Å². The Labute approximate surface area is 187 Å². The molecule has 0 fully saturated rings. The molecule has 2 N–H and O–H groups in total. The van der Waals surface area contributed by atoms with E-state index in [2.05, 4.69) is 19.6 Å². The molecule has 0 unspecified atom stereocenters. The number of rotatable bonds is 8. The van der Waals surface area contributed by atoms with Gasteiger partial charge in [-0.1, -0.05) is 30.3 Å². The maximum atomic E-state index is 12.6. The fraction of sp³-hybridized carbons (Fsp3) is 0.167. The number of fused-ring (bicyclic) bond motifs is 1. The minimum Gasteiger partial charge on any atom is -0.352 e. The molecule has 1 aromatic heterocycles. The Morgan fingerprint density at radius 2 is 1.69 bits per heavy atom. The molecule has 4 rings (SSSR count). The topological polar surface area (TPSA) is 93.1 Å². The van der Waals surface area contributed by atoms with Crippen molar-refractivity contribution in [3.8, 4) is 0 Å². The maximum Gasteiger partial charge on any atom is 0.261 e. The van der Waals surface area contributed by atoms with Gasteiger partial charge >= 0.3 is 0 Å². The molecule has 3 aromatic carbocycles. The van der Waals surface area contributed by atoms with Crippen LogP contribution in [-0.2, 0) is 16.6 Å². The second-order valence-corrected chi connectivity index (χ2v) is 9.16. The summed E-state index contributed by atoms with van der Waals surface area (Å²) in [4.78, 5) is 16.9. The lowest BCUT2D eigenvalue weighted by atomic mass is 10.2. The first-order valence-electron chi connectivity index (χ1n) is 10.3. The van der Waals surface area contributed by atoms with Gasteiger partial charge in [0.1, 0.15) is 0 Å². The number of aromatic nitrogens is 2. The minimum absolute atomic E-state index is 0.101. The van der Waals surface area contributed by atoms with Crippen molar-refractivity contribution < 1.29 is 13.2 Å². The van der Waals surface area contributed by atoms with E-state index in [1.807, 2.05) is 43.3 Å². The van der Waals surface area contributed by atoms with Gasteiger partial charge < -0.3 is 9.88 Å². The zero-order chi connectivity index (χ0) is 22.6. The SMILES string of the molecule is Cc1ccccc1NS(=O)(=O)c1ccc(C(=O)NCCCn2cnc3ccccc32)cc1. The molecule has 0 saturated carbocycles. The molecule has 0 atom stereocenters. The highest BCUT2D eigenvalue weighted by molar-refractivity contribution is 7.92. The minimum atomic E-state index is -3.73. The van der Waals surface area contributed by atoms with E-state index in [0.717, 1.165) is 29.6 Å². The van der Waals surface area contributed by atoms with E-state index < -0.39 is 10.0 Å². The molecule has 0 aliphatic rings. The first kappa shape index (κ1) is 21.6. The van der Waals surface area contributed by atoms with Crippen molar-refractivity contribution >= 4 is 32.7 Å². The lowest BCUT2D eigenvalue weighted by molar-refractivity contribution is 0.0952. The Morgan fingerprint density at radius 3 is 2.47 bits per heavy atom. The number of sulfonamides is 1. The van der Waals surface area contributed by atoms with E-state index in [1.54, 1.807) is 18.5 Å². The van der Waals surface area contributed by atoms with Crippen LogP contribution in [0, 0.1) is 6.92 Å². The Morgan fingerprint density at radius 1 is 0.969 bits per heavy atom. The molecular weight excluding hydrogens is 424 g/mol. The molecule has 0 aliphatic carbocycles. The van der Waals surface area contributed by atoms with Crippen LogP contribution < -0.4 is 10.0 Å². The third-order valence-corrected chi connectivity index (χ3v) is 6.59. The Bertz CT molecular complexity index is 1350. The smallest absolute Gasteiger partial charge is 0.261 e. The van der Waals surface area contributed by atoms with Gasteiger partial charge in [0.2, 0.25) is 0 Å². The zero-order valence-electron chi connectivity index (χ0n) is 17.7. The molecule has 0 spiro atoms. The van der Waals surface area contributed by atoms with Gasteiger partial charge in [0.25, 0.3) is 15.9 Å². The summed E-state index contributed by atoms with van der Waals surface area (Å²) < 4.78 is 29.9. The van der Waals surface area contributed by atoms with Crippen LogP contribution in [0.25, 0.3) is 11.0 Å². The molecule has 1 amide bonds. The maximum absolute atomic E-state index is 12.6. The molecule has 0 aliphatic heterocycles. The summed E-state index contributed by atoms with van der Waals surface area (Å²) in [5.74, 6) is -0.240. The van der Waals surface area contributed by atoms with E-state index in [-0.39, 0.29) is 10.8 Å². The van der Waals surface area contributed by atoms with Crippen LogP contribution in [0.3, 0.4) is 0 Å². The van der Waals surface area contributed by atoms with E-state index in [9.17, 15) is 13.2 Å². The Kier molecular flexibility index (Phi) is 6.23. The monoisotopic (exact) mass is 448 g/mol. The third-order valence-electron chi connectivity index (χ3n) is 5.20. The van der Waals surface area contributed by atoms with Crippen molar-refractivity contribution in [1.29, 1.82) is 0 Å². The molecule has 8 heteroatoms. The van der Waals surface area contributed by atoms with Gasteiger partial charge in [0.05, 0.1) is 27.9 Å². The third kappa shape index (κ3) is 4.81. The van der Waals surface area contributed by atoms with Crippen LogP contribution in [0.1, 0.15) is 22.3 Å². The van der Waals surface area contributed by atoms with Gasteiger partial charge in [-0.2, -0.15) is 0 Å². The highest BCUT2D eigenvalue weighted by atomic mass is 32.2. The normalized spacial score (nSPS) is 11.4. The van der Waals surface area contributed by atoms with Crippen LogP contribution in [0.5, 0.6) is 0 Å². The number of hydrogen-bond acceptors (Lipinski definition) is 4. The summed E-state index contributed by atoms with van der Waals surface area (Å²) in [5, 5.41) is 2.88. The number of carbonyl (C=O) groups is 1. The predicted octanol–water partition coefficient (Wildman–Crippen LogP) is 3.97. The number of amides is 1. The summed E-state index contributed by atoms with van der Waals surface area (Å²) in [6, 6.07) is 21.0. The summed E-state index contributed by atoms with van der Waals surface area (Å²) in [6.07, 6.45) is 2.55. The van der Waals surface area contributed by atoms with Crippen LogP contribution in [0.4, 0.5) is 5.69 Å². The number of aryl methyl sites for hydroxylation is 2. The quantitative estimate of drug-likeness (QED) is 0.399. The first-order chi connectivity index (χ1) is 15.4. The van der Waals surface area contributed by atoms with E-state index in [4.69, 9.17) is 0 Å². The van der Waals surface area contributed by atoms with Crippen molar-refractivity contribution in [2.24, 2.45) is 0 Å². The number of nitrogens with one attached hydrogen (secondary N) is 2. The second kappa shape index (κ2) is 9.23. The lowest BCUT2D eigenvalue weighted by Crippen LogP contribution is -2.25. The van der Waals surface area contributed by atoms with Gasteiger partial charge in [-0.05, 0) is 61.4 Å². The lowest BCUT2D eigenvalue weighted by Gasteiger charge is -2.11. The Hall–Kier alpha value is -3.65. The molecule has 4 aromatic rings. The zero-order valence-corrected chi connectivity index (χ0v) is 18.5. The van der Waals surface area contributed by atoms with Crippen molar-refractivity contribution in [2.45, 2.75) is 24.8 Å². The van der Waals surface area contributed by atoms with Crippen LogP contribution in [0.15, 0.2) is 84.0 Å². The van der Waals surface area contributed by atoms with Gasteiger partial charge in [-0.3, -0.25) is 9.52 Å². The summed E-state index contributed by atoms with van der Waals surface area (Å²) in [7, 11) is -3.73. The van der Waals surface area contributed by atoms with Crippen LogP contribution in [-0.4, -0.2) is 30.4 Å². The number of benzene rings is 3. The summed E-state index contributed by atoms with van der Waals surface area (Å²) in [5.41, 5.74) is 3.78.